The third-order valence-electron chi connectivity index (χ3n) is 3.61. The van der Waals surface area contributed by atoms with Gasteiger partial charge in [-0.25, -0.2) is 0 Å². The molecule has 0 spiro atoms. The van der Waals surface area contributed by atoms with Gasteiger partial charge in [0.15, 0.2) is 0 Å². The number of phenols is 1. The number of likely N-dealkylation sites (tertiary alicyclic amines) is 1. The van der Waals surface area contributed by atoms with Gasteiger partial charge in [-0.15, -0.1) is 0 Å². The highest BCUT2D eigenvalue weighted by Crippen LogP contribution is 2.30. The Bertz CT molecular complexity index is 420. The fourth-order valence-electron chi connectivity index (χ4n) is 2.45. The van der Waals surface area contributed by atoms with Gasteiger partial charge in [-0.05, 0) is 63.5 Å². The molecule has 1 aromatic carbocycles. The monoisotopic (exact) mass is 232 g/mol. The third kappa shape index (κ3) is 2.67. The normalized spacial score (nSPS) is 18.2. The van der Waals surface area contributed by atoms with Gasteiger partial charge in [-0.3, -0.25) is 0 Å². The molecule has 0 aromatic heterocycles. The molecule has 1 aliphatic heterocycles. The lowest BCUT2D eigenvalue weighted by atomic mass is 9.88. The molecular weight excluding hydrogens is 212 g/mol. The smallest absolute Gasteiger partial charge is 0.124 e. The number of benzene rings is 1. The van der Waals surface area contributed by atoms with Crippen molar-refractivity contribution in [3.8, 4) is 5.75 Å². The van der Waals surface area contributed by atoms with Crippen LogP contribution in [0.5, 0.6) is 5.75 Å². The molecule has 1 aromatic rings. The van der Waals surface area contributed by atoms with E-state index in [1.807, 2.05) is 12.1 Å². The maximum atomic E-state index is 9.70. The van der Waals surface area contributed by atoms with Crippen molar-refractivity contribution in [1.82, 2.24) is 4.90 Å². The Balaban J connectivity index is 2.21. The van der Waals surface area contributed by atoms with E-state index in [0.717, 1.165) is 25.9 Å². The van der Waals surface area contributed by atoms with E-state index in [1.165, 1.54) is 5.56 Å². The van der Waals surface area contributed by atoms with Gasteiger partial charge in [0.2, 0.25) is 0 Å². The van der Waals surface area contributed by atoms with Gasteiger partial charge in [0.05, 0.1) is 0 Å². The van der Waals surface area contributed by atoms with E-state index >= 15 is 0 Å². The van der Waals surface area contributed by atoms with Crippen molar-refractivity contribution in [2.75, 3.05) is 20.1 Å². The first kappa shape index (κ1) is 12.1. The number of phenolic OH excluding ortho intramolecular Hbond substituents is 1. The van der Waals surface area contributed by atoms with Gasteiger partial charge in [0.1, 0.15) is 5.75 Å². The molecule has 17 heavy (non-hydrogen) atoms. The van der Waals surface area contributed by atoms with Gasteiger partial charge in [0, 0.05) is 11.3 Å². The summed E-state index contributed by atoms with van der Waals surface area (Å²) in [6.45, 7) is 3.97. The van der Waals surface area contributed by atoms with Crippen molar-refractivity contribution >= 4 is 5.71 Å². The lowest BCUT2D eigenvalue weighted by Crippen LogP contribution is -2.29. The van der Waals surface area contributed by atoms with Crippen LogP contribution in [-0.4, -0.2) is 35.9 Å². The third-order valence-corrected chi connectivity index (χ3v) is 3.61. The number of aromatic hydroxyl groups is 1. The molecule has 2 rings (SSSR count). The Morgan fingerprint density at radius 2 is 2.00 bits per heavy atom. The van der Waals surface area contributed by atoms with Crippen molar-refractivity contribution in [3.63, 3.8) is 0 Å². The number of nitrogens with one attached hydrogen (secondary N) is 1. The number of hydrogen-bond donors (Lipinski definition) is 2. The number of piperidine rings is 1. The van der Waals surface area contributed by atoms with Crippen molar-refractivity contribution in [3.05, 3.63) is 29.3 Å². The van der Waals surface area contributed by atoms with Crippen molar-refractivity contribution in [2.24, 2.45) is 0 Å². The molecule has 0 bridgehead atoms. The molecule has 1 heterocycles. The summed E-state index contributed by atoms with van der Waals surface area (Å²) in [4.78, 5) is 2.35. The molecule has 0 amide bonds. The van der Waals surface area contributed by atoms with Crippen LogP contribution in [0.1, 0.15) is 36.8 Å². The molecule has 3 nitrogen and oxygen atoms in total. The zero-order chi connectivity index (χ0) is 12.4. The zero-order valence-corrected chi connectivity index (χ0v) is 10.5. The van der Waals surface area contributed by atoms with Crippen molar-refractivity contribution in [2.45, 2.75) is 25.7 Å². The van der Waals surface area contributed by atoms with Crippen LogP contribution in [0, 0.1) is 5.41 Å². The van der Waals surface area contributed by atoms with Crippen LogP contribution in [0.2, 0.25) is 0 Å². The summed E-state index contributed by atoms with van der Waals surface area (Å²) < 4.78 is 0. The quantitative estimate of drug-likeness (QED) is 0.770. The highest BCUT2D eigenvalue weighted by Gasteiger charge is 2.19. The van der Waals surface area contributed by atoms with E-state index in [2.05, 4.69) is 11.9 Å². The summed E-state index contributed by atoms with van der Waals surface area (Å²) in [5.74, 6) is 0.791. The standard InChI is InChI=1S/C14H20N2O/c1-10(15)13-9-12(3-4-14(13)17)11-5-7-16(2)8-6-11/h3-4,9,11,15,17H,5-8H2,1-2H3. The average Bonchev–Trinajstić information content (AvgIpc) is 2.30. The Kier molecular flexibility index (Phi) is 3.48. The summed E-state index contributed by atoms with van der Waals surface area (Å²) in [5, 5.41) is 17.3. The molecular formula is C14H20N2O. The first-order chi connectivity index (χ1) is 8.08. The number of nitrogens with zero attached hydrogens (tertiary/aromatic N) is 1. The average molecular weight is 232 g/mol. The van der Waals surface area contributed by atoms with E-state index in [9.17, 15) is 5.11 Å². The minimum atomic E-state index is 0.217. The second-order valence-electron chi connectivity index (χ2n) is 4.98. The first-order valence-corrected chi connectivity index (χ1v) is 6.15. The molecule has 1 aliphatic rings. The van der Waals surface area contributed by atoms with E-state index in [1.54, 1.807) is 13.0 Å². The van der Waals surface area contributed by atoms with Crippen LogP contribution < -0.4 is 0 Å². The Labute approximate surface area is 103 Å². The minimum Gasteiger partial charge on any atom is -0.507 e. The number of rotatable bonds is 2. The Morgan fingerprint density at radius 3 is 2.59 bits per heavy atom. The Hall–Kier alpha value is -1.35. The van der Waals surface area contributed by atoms with Crippen LogP contribution in [-0.2, 0) is 0 Å². The van der Waals surface area contributed by atoms with Crippen LogP contribution >= 0.6 is 0 Å². The lowest BCUT2D eigenvalue weighted by molar-refractivity contribution is 0.255. The summed E-state index contributed by atoms with van der Waals surface area (Å²) >= 11 is 0. The predicted octanol–water partition coefficient (Wildman–Crippen LogP) is 2.59. The minimum absolute atomic E-state index is 0.217. The highest BCUT2D eigenvalue weighted by molar-refractivity contribution is 5.98. The maximum Gasteiger partial charge on any atom is 0.124 e. The van der Waals surface area contributed by atoms with Crippen LogP contribution in [0.3, 0.4) is 0 Å². The van der Waals surface area contributed by atoms with Gasteiger partial charge >= 0.3 is 0 Å². The topological polar surface area (TPSA) is 47.3 Å². The van der Waals surface area contributed by atoms with Crippen molar-refractivity contribution < 1.29 is 5.11 Å². The summed E-state index contributed by atoms with van der Waals surface area (Å²) in [6.07, 6.45) is 2.33. The molecule has 0 radical (unpaired) electrons. The first-order valence-electron chi connectivity index (χ1n) is 6.15. The van der Waals surface area contributed by atoms with Gasteiger partial charge in [0.25, 0.3) is 0 Å². The summed E-state index contributed by atoms with van der Waals surface area (Å²) in [7, 11) is 2.15. The summed E-state index contributed by atoms with van der Waals surface area (Å²) in [6, 6.07) is 5.70. The number of hydrogen-bond acceptors (Lipinski definition) is 3. The molecule has 92 valence electrons. The molecule has 0 unspecified atom stereocenters. The van der Waals surface area contributed by atoms with Gasteiger partial charge < -0.3 is 15.4 Å². The maximum absolute atomic E-state index is 9.70. The SMILES string of the molecule is CC(=N)c1cc(C2CCN(C)CC2)ccc1O. The molecule has 0 atom stereocenters. The molecule has 0 saturated carbocycles. The van der Waals surface area contributed by atoms with Crippen LogP contribution in [0.25, 0.3) is 0 Å². The second kappa shape index (κ2) is 4.88. The lowest BCUT2D eigenvalue weighted by Gasteiger charge is -2.29. The predicted molar refractivity (Wildman–Crippen MR) is 70.1 cm³/mol. The molecule has 3 heteroatoms. The van der Waals surface area contributed by atoms with Crippen LogP contribution in [0.15, 0.2) is 18.2 Å². The van der Waals surface area contributed by atoms with E-state index < -0.39 is 0 Å². The Morgan fingerprint density at radius 1 is 1.35 bits per heavy atom. The van der Waals surface area contributed by atoms with E-state index in [0.29, 0.717) is 17.2 Å². The van der Waals surface area contributed by atoms with Gasteiger partial charge in [-0.1, -0.05) is 6.07 Å². The summed E-state index contributed by atoms with van der Waals surface area (Å²) in [5.41, 5.74) is 2.36. The molecule has 1 saturated heterocycles. The fourth-order valence-corrected chi connectivity index (χ4v) is 2.45. The van der Waals surface area contributed by atoms with E-state index in [-0.39, 0.29) is 5.75 Å². The second-order valence-corrected chi connectivity index (χ2v) is 4.98. The zero-order valence-electron chi connectivity index (χ0n) is 10.5. The molecule has 0 aliphatic carbocycles. The largest absolute Gasteiger partial charge is 0.507 e. The van der Waals surface area contributed by atoms with Crippen LogP contribution in [0.4, 0.5) is 0 Å². The highest BCUT2D eigenvalue weighted by atomic mass is 16.3. The fraction of sp³-hybridized carbons (Fsp3) is 0.500. The van der Waals surface area contributed by atoms with Gasteiger partial charge in [-0.2, -0.15) is 0 Å². The van der Waals surface area contributed by atoms with E-state index in [4.69, 9.17) is 5.41 Å². The van der Waals surface area contributed by atoms with Crippen molar-refractivity contribution in [1.29, 1.82) is 5.41 Å². The molecule has 2 N–H and O–H groups in total. The molecule has 1 fully saturated rings.